The van der Waals surface area contributed by atoms with Crippen molar-refractivity contribution in [3.8, 4) is 0 Å². The summed E-state index contributed by atoms with van der Waals surface area (Å²) < 4.78 is 2.76. The summed E-state index contributed by atoms with van der Waals surface area (Å²) in [5.41, 5.74) is 6.76. The van der Waals surface area contributed by atoms with Crippen LogP contribution in [0.2, 0.25) is 5.02 Å². The van der Waals surface area contributed by atoms with Crippen LogP contribution in [0.3, 0.4) is 0 Å². The van der Waals surface area contributed by atoms with Gasteiger partial charge >= 0.3 is 0 Å². The second-order valence-corrected chi connectivity index (χ2v) is 4.42. The molecule has 0 saturated carbocycles. The molecule has 1 aromatic carbocycles. The normalized spacial score (nSPS) is 10.5. The van der Waals surface area contributed by atoms with Crippen LogP contribution >= 0.6 is 27.5 Å². The maximum absolute atomic E-state index is 5.99. The van der Waals surface area contributed by atoms with E-state index in [-0.39, 0.29) is 0 Å². The molecule has 2 aromatic rings. The molecule has 0 bridgehead atoms. The van der Waals surface area contributed by atoms with Crippen LogP contribution in [0.4, 0.5) is 5.95 Å². The van der Waals surface area contributed by atoms with Crippen molar-refractivity contribution in [2.75, 3.05) is 5.73 Å². The Morgan fingerprint density at radius 1 is 1.47 bits per heavy atom. The van der Waals surface area contributed by atoms with Gasteiger partial charge in [-0.2, -0.15) is 0 Å². The van der Waals surface area contributed by atoms with E-state index >= 15 is 0 Å². The molecular formula is C10H9BrClN3. The van der Waals surface area contributed by atoms with Gasteiger partial charge in [0.25, 0.3) is 0 Å². The van der Waals surface area contributed by atoms with E-state index < -0.39 is 0 Å². The summed E-state index contributed by atoms with van der Waals surface area (Å²) >= 11 is 9.34. The van der Waals surface area contributed by atoms with Gasteiger partial charge in [-0.25, -0.2) is 4.98 Å². The number of imidazole rings is 1. The first-order valence-electron chi connectivity index (χ1n) is 4.37. The Morgan fingerprint density at radius 3 is 2.87 bits per heavy atom. The first kappa shape index (κ1) is 10.5. The molecule has 2 rings (SSSR count). The highest BCUT2D eigenvalue weighted by Gasteiger charge is 2.02. The van der Waals surface area contributed by atoms with E-state index in [2.05, 4.69) is 20.9 Å². The minimum Gasteiger partial charge on any atom is -0.369 e. The molecule has 3 nitrogen and oxygen atoms in total. The summed E-state index contributed by atoms with van der Waals surface area (Å²) in [4.78, 5) is 3.95. The molecule has 1 aromatic heterocycles. The lowest BCUT2D eigenvalue weighted by Gasteiger charge is -2.05. The highest BCUT2D eigenvalue weighted by Crippen LogP contribution is 2.23. The summed E-state index contributed by atoms with van der Waals surface area (Å²) in [6.07, 6.45) is 3.51. The molecular weight excluding hydrogens is 277 g/mol. The number of rotatable bonds is 2. The predicted octanol–water partition coefficient (Wildman–Crippen LogP) is 2.93. The molecule has 1 heterocycles. The topological polar surface area (TPSA) is 43.8 Å². The van der Waals surface area contributed by atoms with Gasteiger partial charge in [-0.05, 0) is 33.6 Å². The highest BCUT2D eigenvalue weighted by molar-refractivity contribution is 9.10. The van der Waals surface area contributed by atoms with Gasteiger partial charge in [0, 0.05) is 16.9 Å². The van der Waals surface area contributed by atoms with Crippen LogP contribution in [0.5, 0.6) is 0 Å². The Labute approximate surface area is 101 Å². The molecule has 0 unspecified atom stereocenters. The fraction of sp³-hybridized carbons (Fsp3) is 0.100. The predicted molar refractivity (Wildman–Crippen MR) is 64.9 cm³/mol. The standard InChI is InChI=1S/C10H9BrClN3/c11-8-2-1-7(5-9(8)12)6-15-4-3-14-10(15)13/h1-5H,6H2,(H2,13,14). The Bertz CT molecular complexity index is 481. The quantitative estimate of drug-likeness (QED) is 0.922. The van der Waals surface area contributed by atoms with Crippen molar-refractivity contribution in [3.05, 3.63) is 45.7 Å². The Hall–Kier alpha value is -1.000. The van der Waals surface area contributed by atoms with Crippen molar-refractivity contribution in [1.29, 1.82) is 0 Å². The third-order valence-corrected chi connectivity index (χ3v) is 3.32. The minimum absolute atomic E-state index is 0.508. The summed E-state index contributed by atoms with van der Waals surface area (Å²) in [7, 11) is 0. The molecule has 0 atom stereocenters. The number of benzene rings is 1. The largest absolute Gasteiger partial charge is 0.369 e. The van der Waals surface area contributed by atoms with Crippen LogP contribution in [0, 0.1) is 0 Å². The van der Waals surface area contributed by atoms with Crippen molar-refractivity contribution < 1.29 is 0 Å². The number of hydrogen-bond acceptors (Lipinski definition) is 2. The molecule has 5 heteroatoms. The first-order valence-corrected chi connectivity index (χ1v) is 5.54. The minimum atomic E-state index is 0.508. The van der Waals surface area contributed by atoms with Gasteiger partial charge in [-0.15, -0.1) is 0 Å². The van der Waals surface area contributed by atoms with E-state index in [0.29, 0.717) is 17.5 Å². The Kier molecular flexibility index (Phi) is 2.98. The average Bonchev–Trinajstić information content (AvgIpc) is 2.59. The average molecular weight is 287 g/mol. The highest BCUT2D eigenvalue weighted by atomic mass is 79.9. The van der Waals surface area contributed by atoms with Crippen molar-refractivity contribution in [3.63, 3.8) is 0 Å². The van der Waals surface area contributed by atoms with Gasteiger partial charge in [-0.1, -0.05) is 17.7 Å². The summed E-state index contributed by atoms with van der Waals surface area (Å²) in [5.74, 6) is 0.508. The third-order valence-electron chi connectivity index (χ3n) is 2.08. The lowest BCUT2D eigenvalue weighted by Crippen LogP contribution is -2.03. The first-order chi connectivity index (χ1) is 7.16. The number of nitrogens with two attached hydrogens (primary N) is 1. The SMILES string of the molecule is Nc1nccn1Cc1ccc(Br)c(Cl)c1. The van der Waals surface area contributed by atoms with Crippen molar-refractivity contribution in [2.45, 2.75) is 6.54 Å². The van der Waals surface area contributed by atoms with Crippen molar-refractivity contribution in [1.82, 2.24) is 9.55 Å². The second kappa shape index (κ2) is 4.24. The molecule has 0 aliphatic heterocycles. The van der Waals surface area contributed by atoms with Crippen molar-refractivity contribution in [2.24, 2.45) is 0 Å². The Morgan fingerprint density at radius 2 is 2.27 bits per heavy atom. The van der Waals surface area contributed by atoms with Crippen LogP contribution < -0.4 is 5.73 Å². The van der Waals surface area contributed by atoms with Crippen LogP contribution in [0.25, 0.3) is 0 Å². The van der Waals surface area contributed by atoms with Crippen LogP contribution in [0.15, 0.2) is 35.1 Å². The maximum Gasteiger partial charge on any atom is 0.200 e. The van der Waals surface area contributed by atoms with Gasteiger partial charge in [0.15, 0.2) is 5.95 Å². The second-order valence-electron chi connectivity index (χ2n) is 3.16. The van der Waals surface area contributed by atoms with Crippen LogP contribution in [-0.2, 0) is 6.54 Å². The lowest BCUT2D eigenvalue weighted by molar-refractivity contribution is 0.811. The number of nitrogen functional groups attached to an aromatic ring is 1. The van der Waals surface area contributed by atoms with E-state index in [4.69, 9.17) is 17.3 Å². The number of hydrogen-bond donors (Lipinski definition) is 1. The van der Waals surface area contributed by atoms with Gasteiger partial charge in [0.05, 0.1) is 11.6 Å². The third kappa shape index (κ3) is 2.33. The number of anilines is 1. The van der Waals surface area contributed by atoms with E-state index in [0.717, 1.165) is 10.0 Å². The molecule has 0 fully saturated rings. The smallest absolute Gasteiger partial charge is 0.200 e. The zero-order valence-electron chi connectivity index (χ0n) is 7.82. The van der Waals surface area contributed by atoms with Gasteiger partial charge in [-0.3, -0.25) is 0 Å². The molecule has 0 spiro atoms. The fourth-order valence-electron chi connectivity index (χ4n) is 1.31. The number of halogens is 2. The molecule has 0 aliphatic rings. The summed E-state index contributed by atoms with van der Waals surface area (Å²) in [5, 5.41) is 0.700. The van der Waals surface area contributed by atoms with Crippen molar-refractivity contribution >= 4 is 33.5 Å². The van der Waals surface area contributed by atoms with E-state index in [1.807, 2.05) is 29.0 Å². The molecule has 2 N–H and O–H groups in total. The van der Waals surface area contributed by atoms with Crippen LogP contribution in [0.1, 0.15) is 5.56 Å². The fourth-order valence-corrected chi connectivity index (χ4v) is 1.76. The zero-order valence-corrected chi connectivity index (χ0v) is 10.2. The monoisotopic (exact) mass is 285 g/mol. The van der Waals surface area contributed by atoms with Gasteiger partial charge < -0.3 is 10.3 Å². The molecule has 0 aliphatic carbocycles. The summed E-state index contributed by atoms with van der Waals surface area (Å²) in [6, 6.07) is 5.82. The van der Waals surface area contributed by atoms with Gasteiger partial charge in [0.1, 0.15) is 0 Å². The van der Waals surface area contributed by atoms with E-state index in [1.165, 1.54) is 0 Å². The number of nitrogens with zero attached hydrogens (tertiary/aromatic N) is 2. The molecule has 0 amide bonds. The molecule has 15 heavy (non-hydrogen) atoms. The summed E-state index contributed by atoms with van der Waals surface area (Å²) in [6.45, 7) is 0.679. The van der Waals surface area contributed by atoms with Gasteiger partial charge in [0.2, 0.25) is 0 Å². The molecule has 0 saturated heterocycles. The Balaban J connectivity index is 2.25. The molecule has 0 radical (unpaired) electrons. The molecule has 78 valence electrons. The van der Waals surface area contributed by atoms with Crippen LogP contribution in [-0.4, -0.2) is 9.55 Å². The maximum atomic E-state index is 5.99. The van der Waals surface area contributed by atoms with E-state index in [1.54, 1.807) is 6.20 Å². The lowest BCUT2D eigenvalue weighted by atomic mass is 10.2. The zero-order chi connectivity index (χ0) is 10.8. The van der Waals surface area contributed by atoms with E-state index in [9.17, 15) is 0 Å². The number of aromatic nitrogens is 2.